The molecule has 0 bridgehead atoms. The van der Waals surface area contributed by atoms with Crippen LogP contribution in [0.1, 0.15) is 26.5 Å². The summed E-state index contributed by atoms with van der Waals surface area (Å²) < 4.78 is 0. The van der Waals surface area contributed by atoms with Crippen molar-refractivity contribution in [3.05, 3.63) is 78.0 Å². The molecular formula is C20H16N6O3. The van der Waals surface area contributed by atoms with Crippen LogP contribution < -0.4 is 10.6 Å². The number of hydrogen-bond acceptors (Lipinski definition) is 6. The smallest absolute Gasteiger partial charge is 0.279 e. The summed E-state index contributed by atoms with van der Waals surface area (Å²) in [5.74, 6) is -0.847. The third kappa shape index (κ3) is 4.03. The Balaban J connectivity index is 1.41. The number of aromatic nitrogens is 4. The Morgan fingerprint density at radius 2 is 1.93 bits per heavy atom. The van der Waals surface area contributed by atoms with Crippen molar-refractivity contribution in [3.8, 4) is 5.75 Å². The molecule has 0 spiro atoms. The maximum Gasteiger partial charge on any atom is 0.279 e. The fourth-order valence-electron chi connectivity index (χ4n) is 2.73. The number of pyridine rings is 3. The van der Waals surface area contributed by atoms with E-state index in [0.717, 1.165) is 10.9 Å². The minimum absolute atomic E-state index is 0.0983. The van der Waals surface area contributed by atoms with Gasteiger partial charge in [-0.15, -0.1) is 0 Å². The molecule has 9 nitrogen and oxygen atoms in total. The highest BCUT2D eigenvalue weighted by atomic mass is 16.3. The van der Waals surface area contributed by atoms with Gasteiger partial charge in [0.15, 0.2) is 5.69 Å². The number of anilines is 1. The highest BCUT2D eigenvalue weighted by Crippen LogP contribution is 2.15. The highest BCUT2D eigenvalue weighted by molar-refractivity contribution is 6.04. The second-order valence-corrected chi connectivity index (χ2v) is 6.17. The molecule has 0 aliphatic heterocycles. The number of amides is 2. The van der Waals surface area contributed by atoms with Crippen molar-refractivity contribution < 1.29 is 14.7 Å². The lowest BCUT2D eigenvalue weighted by Crippen LogP contribution is -2.24. The maximum absolute atomic E-state index is 12.4. The SMILES string of the molecule is O=C(NCc1ccnc(NC(=O)c2ncccc2O)c1)c1ccc2cc[nH]c2n1. The van der Waals surface area contributed by atoms with Crippen molar-refractivity contribution in [2.24, 2.45) is 0 Å². The van der Waals surface area contributed by atoms with E-state index in [-0.39, 0.29) is 29.7 Å². The van der Waals surface area contributed by atoms with E-state index in [4.69, 9.17) is 0 Å². The van der Waals surface area contributed by atoms with Gasteiger partial charge in [0.2, 0.25) is 0 Å². The molecule has 4 N–H and O–H groups in total. The standard InChI is InChI=1S/C20H16N6O3/c27-15-2-1-7-22-17(15)20(29)26-16-10-12(5-8-21-16)11-24-19(28)14-4-3-13-6-9-23-18(13)25-14/h1-10,27H,11H2,(H,23,25)(H,24,28)(H,21,26,29). The molecule has 0 aliphatic carbocycles. The first-order chi connectivity index (χ1) is 14.1. The van der Waals surface area contributed by atoms with Crippen molar-refractivity contribution in [1.29, 1.82) is 0 Å². The van der Waals surface area contributed by atoms with E-state index in [1.165, 1.54) is 24.5 Å². The molecule has 0 aliphatic rings. The summed E-state index contributed by atoms with van der Waals surface area (Å²) in [7, 11) is 0. The van der Waals surface area contributed by atoms with E-state index in [0.29, 0.717) is 11.3 Å². The number of H-pyrrole nitrogens is 1. The number of hydrogen-bond donors (Lipinski definition) is 4. The first kappa shape index (κ1) is 18.1. The van der Waals surface area contributed by atoms with Crippen LogP contribution >= 0.6 is 0 Å². The van der Waals surface area contributed by atoms with Crippen LogP contribution in [0.4, 0.5) is 5.82 Å². The molecule has 0 unspecified atom stereocenters. The summed E-state index contributed by atoms with van der Waals surface area (Å²) >= 11 is 0. The van der Waals surface area contributed by atoms with Crippen molar-refractivity contribution >= 4 is 28.7 Å². The van der Waals surface area contributed by atoms with Gasteiger partial charge in [0.05, 0.1) is 0 Å². The third-order valence-electron chi connectivity index (χ3n) is 4.16. The summed E-state index contributed by atoms with van der Waals surface area (Å²) in [4.78, 5) is 39.8. The van der Waals surface area contributed by atoms with Gasteiger partial charge in [0, 0.05) is 30.5 Å². The molecule has 0 fully saturated rings. The molecule has 0 radical (unpaired) electrons. The number of aromatic hydroxyl groups is 1. The average Bonchev–Trinajstić information content (AvgIpc) is 3.20. The molecule has 4 rings (SSSR count). The largest absolute Gasteiger partial charge is 0.505 e. The van der Waals surface area contributed by atoms with Gasteiger partial charge in [0.25, 0.3) is 11.8 Å². The minimum atomic E-state index is -0.583. The third-order valence-corrected chi connectivity index (χ3v) is 4.16. The monoisotopic (exact) mass is 388 g/mol. The topological polar surface area (TPSA) is 133 Å². The number of carbonyl (C=O) groups is 2. The van der Waals surface area contributed by atoms with Crippen LogP contribution in [0.5, 0.6) is 5.75 Å². The molecule has 144 valence electrons. The van der Waals surface area contributed by atoms with Gasteiger partial charge in [-0.25, -0.2) is 15.0 Å². The van der Waals surface area contributed by atoms with E-state index in [1.807, 2.05) is 12.1 Å². The molecular weight excluding hydrogens is 372 g/mol. The fourth-order valence-corrected chi connectivity index (χ4v) is 2.73. The van der Waals surface area contributed by atoms with Gasteiger partial charge in [-0.1, -0.05) is 0 Å². The maximum atomic E-state index is 12.4. The zero-order valence-corrected chi connectivity index (χ0v) is 15.1. The van der Waals surface area contributed by atoms with Crippen LogP contribution in [0.15, 0.2) is 61.1 Å². The van der Waals surface area contributed by atoms with Crippen molar-refractivity contribution in [3.63, 3.8) is 0 Å². The molecule has 0 saturated heterocycles. The normalized spacial score (nSPS) is 10.6. The second-order valence-electron chi connectivity index (χ2n) is 6.17. The lowest BCUT2D eigenvalue weighted by molar-refractivity contribution is 0.0945. The summed E-state index contributed by atoms with van der Waals surface area (Å²) in [6.45, 7) is 0.226. The second kappa shape index (κ2) is 7.77. The molecule has 4 aromatic rings. The Morgan fingerprint density at radius 1 is 1.03 bits per heavy atom. The van der Waals surface area contributed by atoms with Crippen molar-refractivity contribution in [1.82, 2.24) is 25.3 Å². The van der Waals surface area contributed by atoms with Gasteiger partial charge in [-0.05, 0) is 48.0 Å². The van der Waals surface area contributed by atoms with E-state index in [1.54, 1.807) is 24.4 Å². The van der Waals surface area contributed by atoms with Gasteiger partial charge in [-0.2, -0.15) is 0 Å². The van der Waals surface area contributed by atoms with E-state index in [2.05, 4.69) is 30.6 Å². The van der Waals surface area contributed by atoms with Crippen LogP contribution in [0.2, 0.25) is 0 Å². The highest BCUT2D eigenvalue weighted by Gasteiger charge is 2.13. The number of aromatic amines is 1. The molecule has 2 amide bonds. The van der Waals surface area contributed by atoms with E-state index < -0.39 is 5.91 Å². The molecule has 0 atom stereocenters. The first-order valence-electron chi connectivity index (χ1n) is 8.73. The Kier molecular flexibility index (Phi) is 4.85. The van der Waals surface area contributed by atoms with Gasteiger partial charge in [0.1, 0.15) is 22.9 Å². The number of carbonyl (C=O) groups excluding carboxylic acids is 2. The predicted octanol–water partition coefficient (Wildman–Crippen LogP) is 2.24. The summed E-state index contributed by atoms with van der Waals surface area (Å²) in [6, 6.07) is 11.6. The predicted molar refractivity (Wildman–Crippen MR) is 105 cm³/mol. The lowest BCUT2D eigenvalue weighted by Gasteiger charge is -2.08. The number of nitrogens with one attached hydrogen (secondary N) is 3. The van der Waals surface area contributed by atoms with E-state index >= 15 is 0 Å². The van der Waals surface area contributed by atoms with Crippen LogP contribution in [0.3, 0.4) is 0 Å². The molecule has 0 aromatic carbocycles. The van der Waals surface area contributed by atoms with Crippen molar-refractivity contribution in [2.45, 2.75) is 6.54 Å². The van der Waals surface area contributed by atoms with Crippen LogP contribution in [0, 0.1) is 0 Å². The Labute approximate surface area is 164 Å². The zero-order chi connectivity index (χ0) is 20.2. The number of nitrogens with zero attached hydrogens (tertiary/aromatic N) is 3. The van der Waals surface area contributed by atoms with Crippen LogP contribution in [0.25, 0.3) is 11.0 Å². The molecule has 29 heavy (non-hydrogen) atoms. The minimum Gasteiger partial charge on any atom is -0.505 e. The van der Waals surface area contributed by atoms with Crippen molar-refractivity contribution in [2.75, 3.05) is 5.32 Å². The quantitative estimate of drug-likeness (QED) is 0.414. The van der Waals surface area contributed by atoms with Gasteiger partial charge in [-0.3, -0.25) is 9.59 Å². The Hall–Kier alpha value is -4.27. The summed E-state index contributed by atoms with van der Waals surface area (Å²) in [5.41, 5.74) is 1.58. The molecule has 4 heterocycles. The van der Waals surface area contributed by atoms with E-state index in [9.17, 15) is 14.7 Å². The van der Waals surface area contributed by atoms with Crippen LogP contribution in [-0.2, 0) is 6.54 Å². The Bertz CT molecular complexity index is 1200. The summed E-state index contributed by atoms with van der Waals surface area (Å²) in [5, 5.41) is 16.0. The lowest BCUT2D eigenvalue weighted by atomic mass is 10.2. The van der Waals surface area contributed by atoms with Crippen LogP contribution in [-0.4, -0.2) is 36.9 Å². The van der Waals surface area contributed by atoms with Gasteiger partial charge < -0.3 is 20.7 Å². The first-order valence-corrected chi connectivity index (χ1v) is 8.73. The number of rotatable bonds is 5. The zero-order valence-electron chi connectivity index (χ0n) is 15.1. The average molecular weight is 388 g/mol. The molecule has 4 aromatic heterocycles. The van der Waals surface area contributed by atoms with Gasteiger partial charge >= 0.3 is 0 Å². The molecule has 9 heteroatoms. The number of fused-ring (bicyclic) bond motifs is 1. The fraction of sp³-hybridized carbons (Fsp3) is 0.0500. The Morgan fingerprint density at radius 3 is 2.79 bits per heavy atom. The molecule has 0 saturated carbocycles. The summed E-state index contributed by atoms with van der Waals surface area (Å²) in [6.07, 6.45) is 4.68.